The van der Waals surface area contributed by atoms with Crippen LogP contribution in [-0.2, 0) is 22.5 Å². The molecule has 0 aliphatic rings. The van der Waals surface area contributed by atoms with Crippen molar-refractivity contribution in [1.82, 2.24) is 0 Å². The predicted octanol–water partition coefficient (Wildman–Crippen LogP) is 1.87. The molecule has 0 aliphatic carbocycles. The van der Waals surface area contributed by atoms with Gasteiger partial charge in [0, 0.05) is 0 Å². The van der Waals surface area contributed by atoms with Crippen LogP contribution in [0.1, 0.15) is 0 Å². The van der Waals surface area contributed by atoms with Crippen molar-refractivity contribution in [3.05, 3.63) is 0 Å². The van der Waals surface area contributed by atoms with Crippen LogP contribution in [0.25, 0.3) is 0 Å². The van der Waals surface area contributed by atoms with Gasteiger partial charge in [0.2, 0.25) is 0 Å². The summed E-state index contributed by atoms with van der Waals surface area (Å²) in [6, 6.07) is 0. The van der Waals surface area contributed by atoms with E-state index in [4.69, 9.17) is 34.8 Å². The van der Waals surface area contributed by atoms with Gasteiger partial charge in [0.05, 0.1) is 0 Å². The summed E-state index contributed by atoms with van der Waals surface area (Å²) in [6.45, 7) is 0. The molecule has 0 aromatic rings. The minimum absolute atomic E-state index is 0. The predicted molar refractivity (Wildman–Crippen MR) is 22.0 cm³/mol. The second-order valence-corrected chi connectivity index (χ2v) is 2.23. The summed E-state index contributed by atoms with van der Waals surface area (Å²) in [4.78, 5) is 0. The van der Waals surface area contributed by atoms with E-state index >= 15 is 0 Å². The van der Waals surface area contributed by atoms with E-state index in [9.17, 15) is 0 Å². The number of alkyl halides is 3. The van der Waals surface area contributed by atoms with E-state index in [1.807, 2.05) is 0 Å². The van der Waals surface area contributed by atoms with Crippen LogP contribution in [0, 0.1) is 0 Å². The molecular formula is CHCl3FeO. The largest absolute Gasteiger partial charge is 2.00 e. The zero-order valence-corrected chi connectivity index (χ0v) is 5.85. The summed E-state index contributed by atoms with van der Waals surface area (Å²) in [5.41, 5.74) is 0. The molecule has 0 fully saturated rings. The summed E-state index contributed by atoms with van der Waals surface area (Å²) >= 11 is 14.4. The maximum Gasteiger partial charge on any atom is 2.00 e. The third kappa shape index (κ3) is 55.6. The molecule has 0 rings (SSSR count). The standard InChI is InChI=1S/CHCl3.Fe.O/c2-1(3)4;;/h1H;;/q;+2;-2. The van der Waals surface area contributed by atoms with Crippen LogP contribution in [0.2, 0.25) is 0 Å². The van der Waals surface area contributed by atoms with E-state index in [1.54, 1.807) is 0 Å². The Balaban J connectivity index is -0.0000000450. The molecule has 0 atom stereocenters. The number of halogens is 3. The summed E-state index contributed by atoms with van der Waals surface area (Å²) in [5.74, 6) is 0. The zero-order chi connectivity index (χ0) is 3.58. The normalized spacial score (nSPS) is 6.00. The van der Waals surface area contributed by atoms with Crippen molar-refractivity contribution in [2.75, 3.05) is 0 Å². The van der Waals surface area contributed by atoms with E-state index < -0.39 is 4.30 Å². The van der Waals surface area contributed by atoms with Crippen LogP contribution in [0.3, 0.4) is 0 Å². The van der Waals surface area contributed by atoms with Gasteiger partial charge in [0.25, 0.3) is 0 Å². The molecule has 1 nitrogen and oxygen atoms in total. The summed E-state index contributed by atoms with van der Waals surface area (Å²) in [7, 11) is 0. The molecule has 0 unspecified atom stereocenters. The average molecular weight is 191 g/mol. The molecule has 0 heterocycles. The first-order chi connectivity index (χ1) is 1.73. The first kappa shape index (κ1) is 15.7. The van der Waals surface area contributed by atoms with Crippen molar-refractivity contribution in [1.29, 1.82) is 0 Å². The van der Waals surface area contributed by atoms with Gasteiger partial charge in [0.1, 0.15) is 0 Å². The van der Waals surface area contributed by atoms with Gasteiger partial charge in [-0.25, -0.2) is 0 Å². The molecule has 40 valence electrons. The molecule has 0 aromatic carbocycles. The van der Waals surface area contributed by atoms with Crippen molar-refractivity contribution in [3.63, 3.8) is 0 Å². The Hall–Kier alpha value is 1.35. The Morgan fingerprint density at radius 1 is 1.00 bits per heavy atom. The van der Waals surface area contributed by atoms with E-state index in [1.165, 1.54) is 0 Å². The molecule has 0 saturated heterocycles. The van der Waals surface area contributed by atoms with Crippen molar-refractivity contribution < 1.29 is 22.5 Å². The van der Waals surface area contributed by atoms with Crippen molar-refractivity contribution >= 4 is 34.8 Å². The van der Waals surface area contributed by atoms with Crippen molar-refractivity contribution in [2.24, 2.45) is 0 Å². The average Bonchev–Trinajstić information content (AvgIpc) is 0.811. The van der Waals surface area contributed by atoms with E-state index in [0.717, 1.165) is 0 Å². The zero-order valence-electron chi connectivity index (χ0n) is 2.47. The Morgan fingerprint density at radius 3 is 1.00 bits per heavy atom. The van der Waals surface area contributed by atoms with Crippen LogP contribution in [-0.4, -0.2) is 4.30 Å². The van der Waals surface area contributed by atoms with Crippen LogP contribution >= 0.6 is 34.8 Å². The first-order valence-electron chi connectivity index (χ1n) is 0.655. The van der Waals surface area contributed by atoms with Crippen LogP contribution in [0.15, 0.2) is 0 Å². The molecule has 0 radical (unpaired) electrons. The smallest absolute Gasteiger partial charge is 2.00 e. The van der Waals surface area contributed by atoms with Gasteiger partial charge in [-0.05, 0) is 0 Å². The van der Waals surface area contributed by atoms with Crippen molar-refractivity contribution in [2.45, 2.75) is 4.30 Å². The maximum absolute atomic E-state index is 4.81. The monoisotopic (exact) mass is 190 g/mol. The maximum atomic E-state index is 4.81. The van der Waals surface area contributed by atoms with Gasteiger partial charge in [-0.2, -0.15) is 0 Å². The SMILES string of the molecule is ClC(Cl)Cl.[Fe+2].[O-2]. The number of hydrogen-bond donors (Lipinski definition) is 0. The third-order valence-corrected chi connectivity index (χ3v) is 0. The van der Waals surface area contributed by atoms with Gasteiger partial charge < -0.3 is 5.48 Å². The second kappa shape index (κ2) is 9.60. The quantitative estimate of drug-likeness (QED) is 0.413. The van der Waals surface area contributed by atoms with E-state index in [0.29, 0.717) is 0 Å². The molecule has 0 aromatic heterocycles. The minimum Gasteiger partial charge on any atom is -2.00 e. The van der Waals surface area contributed by atoms with Gasteiger partial charge >= 0.3 is 17.1 Å². The summed E-state index contributed by atoms with van der Waals surface area (Å²) in [5, 5.41) is 0. The molecule has 0 aliphatic heterocycles. The van der Waals surface area contributed by atoms with E-state index in [2.05, 4.69) is 0 Å². The molecular weight excluding hydrogens is 190 g/mol. The van der Waals surface area contributed by atoms with Gasteiger partial charge in [-0.1, -0.05) is 34.8 Å². The Labute approximate surface area is 61.7 Å². The molecule has 5 heteroatoms. The fraction of sp³-hybridized carbons (Fsp3) is 1.00. The van der Waals surface area contributed by atoms with Gasteiger partial charge in [-0.3, -0.25) is 0 Å². The van der Waals surface area contributed by atoms with Crippen molar-refractivity contribution in [3.8, 4) is 0 Å². The van der Waals surface area contributed by atoms with Crippen LogP contribution in [0.4, 0.5) is 0 Å². The fourth-order valence-electron chi connectivity index (χ4n) is 0. The Morgan fingerprint density at radius 2 is 1.00 bits per heavy atom. The molecule has 0 saturated carbocycles. The first-order valence-corrected chi connectivity index (χ1v) is 1.96. The Kier molecular flexibility index (Phi) is 25.1. The number of hydrogen-bond acceptors (Lipinski definition) is 0. The number of rotatable bonds is 0. The Bertz CT molecular complexity index is 15.5. The second-order valence-electron chi connectivity index (χ2n) is 0.247. The van der Waals surface area contributed by atoms with Crippen LogP contribution in [0.5, 0.6) is 0 Å². The summed E-state index contributed by atoms with van der Waals surface area (Å²) in [6.07, 6.45) is 0. The molecule has 0 amide bonds. The minimum atomic E-state index is -0.750. The molecule has 0 spiro atoms. The van der Waals surface area contributed by atoms with Gasteiger partial charge in [0.15, 0.2) is 4.30 Å². The fourth-order valence-corrected chi connectivity index (χ4v) is 0. The van der Waals surface area contributed by atoms with Gasteiger partial charge in [-0.15, -0.1) is 0 Å². The molecule has 0 bridgehead atoms. The van der Waals surface area contributed by atoms with E-state index in [-0.39, 0.29) is 22.5 Å². The van der Waals surface area contributed by atoms with Crippen LogP contribution < -0.4 is 0 Å². The topological polar surface area (TPSA) is 28.5 Å². The summed E-state index contributed by atoms with van der Waals surface area (Å²) < 4.78 is -0.750. The molecule has 0 N–H and O–H groups in total. The molecule has 6 heavy (non-hydrogen) atoms. The third-order valence-electron chi connectivity index (χ3n) is 0.